The predicted octanol–water partition coefficient (Wildman–Crippen LogP) is 3.47. The lowest BCUT2D eigenvalue weighted by molar-refractivity contribution is -0.189. The molecule has 1 saturated carbocycles. The van der Waals surface area contributed by atoms with Crippen molar-refractivity contribution in [2.45, 2.75) is 45.7 Å². The highest BCUT2D eigenvalue weighted by Gasteiger charge is 2.37. The molecule has 10 heteroatoms. The Morgan fingerprint density at radius 3 is 2.65 bits per heavy atom. The third kappa shape index (κ3) is 5.84. The summed E-state index contributed by atoms with van der Waals surface area (Å²) in [5, 5.41) is 3.83. The normalized spacial score (nSPS) is 15.0. The van der Waals surface area contributed by atoms with Gasteiger partial charge in [0.1, 0.15) is 0 Å². The van der Waals surface area contributed by atoms with Crippen LogP contribution in [0.5, 0.6) is 11.5 Å². The van der Waals surface area contributed by atoms with Gasteiger partial charge in [-0.15, -0.1) is 0 Å². The number of rotatable bonds is 12. The Balaban J connectivity index is 1.66. The monoisotopic (exact) mass is 509 g/mol. The molecule has 1 fully saturated rings. The van der Waals surface area contributed by atoms with Gasteiger partial charge in [-0.1, -0.05) is 18.2 Å². The molecular weight excluding hydrogens is 478 g/mol. The molecule has 3 amide bonds. The van der Waals surface area contributed by atoms with Gasteiger partial charge in [-0.05, 0) is 55.5 Å². The Bertz CT molecular complexity index is 1190. The van der Waals surface area contributed by atoms with Crippen molar-refractivity contribution >= 4 is 29.9 Å². The summed E-state index contributed by atoms with van der Waals surface area (Å²) in [5.74, 6) is 0.165. The zero-order chi connectivity index (χ0) is 26.5. The first kappa shape index (κ1) is 26.0. The van der Waals surface area contributed by atoms with Crippen LogP contribution in [0.3, 0.4) is 0 Å². The van der Waals surface area contributed by atoms with Crippen LogP contribution in [0.15, 0.2) is 36.4 Å². The van der Waals surface area contributed by atoms with E-state index in [1.54, 1.807) is 24.1 Å². The van der Waals surface area contributed by atoms with Gasteiger partial charge in [0.05, 0.1) is 37.6 Å². The molecule has 2 aromatic rings. The topological polar surface area (TPSA) is 114 Å². The van der Waals surface area contributed by atoms with Gasteiger partial charge < -0.3 is 24.5 Å². The van der Waals surface area contributed by atoms with Crippen molar-refractivity contribution in [2.75, 3.05) is 25.6 Å². The summed E-state index contributed by atoms with van der Waals surface area (Å²) in [6, 6.07) is 10.4. The molecule has 0 radical (unpaired) electrons. The van der Waals surface area contributed by atoms with Crippen molar-refractivity contribution in [3.05, 3.63) is 53.1 Å². The molecule has 0 bridgehead atoms. The number of carbonyl (C=O) groups is 4. The molecule has 4 rings (SSSR count). The second-order valence-corrected chi connectivity index (χ2v) is 9.01. The van der Waals surface area contributed by atoms with Gasteiger partial charge in [0, 0.05) is 19.4 Å². The summed E-state index contributed by atoms with van der Waals surface area (Å²) in [4.78, 5) is 55.7. The SMILES string of the molecule is CCOc1cc([C@H](CCN(C=O)OC(C)=O)N2Cc3cccc(NC(=O)C4CC4)c3C2=O)ccc1OC. The lowest BCUT2D eigenvalue weighted by atomic mass is 10.0. The number of anilines is 1. The quantitative estimate of drug-likeness (QED) is 0.344. The Morgan fingerprint density at radius 1 is 1.22 bits per heavy atom. The van der Waals surface area contributed by atoms with Crippen LogP contribution in [-0.2, 0) is 25.8 Å². The highest BCUT2D eigenvalue weighted by atomic mass is 16.7. The predicted molar refractivity (Wildman–Crippen MR) is 134 cm³/mol. The first-order valence-electron chi connectivity index (χ1n) is 12.3. The minimum Gasteiger partial charge on any atom is -0.493 e. The number of ether oxygens (including phenoxy) is 2. The van der Waals surface area contributed by atoms with Gasteiger partial charge in [0.2, 0.25) is 12.3 Å². The Kier molecular flexibility index (Phi) is 7.95. The maximum absolute atomic E-state index is 13.8. The summed E-state index contributed by atoms with van der Waals surface area (Å²) in [6.07, 6.45) is 2.44. The summed E-state index contributed by atoms with van der Waals surface area (Å²) >= 11 is 0. The van der Waals surface area contributed by atoms with Gasteiger partial charge in [-0.25, -0.2) is 0 Å². The molecule has 2 aromatic carbocycles. The van der Waals surface area contributed by atoms with Crippen molar-refractivity contribution in [3.63, 3.8) is 0 Å². The molecule has 1 N–H and O–H groups in total. The molecule has 1 aliphatic carbocycles. The molecule has 0 unspecified atom stereocenters. The largest absolute Gasteiger partial charge is 0.493 e. The molecule has 0 spiro atoms. The van der Waals surface area contributed by atoms with Gasteiger partial charge in [0.25, 0.3) is 5.91 Å². The van der Waals surface area contributed by atoms with Crippen LogP contribution in [-0.4, -0.2) is 54.4 Å². The lowest BCUT2D eigenvalue weighted by Crippen LogP contribution is -2.34. The maximum atomic E-state index is 13.8. The number of fused-ring (bicyclic) bond motifs is 1. The number of hydrogen-bond donors (Lipinski definition) is 1. The molecule has 196 valence electrons. The number of hydrogen-bond acceptors (Lipinski definition) is 7. The molecule has 1 atom stereocenters. The number of carbonyl (C=O) groups excluding carboxylic acids is 4. The molecule has 0 aromatic heterocycles. The van der Waals surface area contributed by atoms with Crippen molar-refractivity contribution < 1.29 is 33.5 Å². The van der Waals surface area contributed by atoms with E-state index in [0.717, 1.165) is 29.0 Å². The average molecular weight is 510 g/mol. The van der Waals surface area contributed by atoms with E-state index in [9.17, 15) is 19.2 Å². The molecule has 1 aliphatic heterocycles. The fourth-order valence-corrected chi connectivity index (χ4v) is 4.53. The van der Waals surface area contributed by atoms with E-state index in [1.165, 1.54) is 6.92 Å². The van der Waals surface area contributed by atoms with E-state index in [0.29, 0.717) is 42.3 Å². The van der Waals surface area contributed by atoms with E-state index < -0.39 is 12.0 Å². The van der Waals surface area contributed by atoms with Crippen LogP contribution >= 0.6 is 0 Å². The fourth-order valence-electron chi connectivity index (χ4n) is 4.53. The van der Waals surface area contributed by atoms with Gasteiger partial charge in [0.15, 0.2) is 11.5 Å². The van der Waals surface area contributed by atoms with Crippen LogP contribution < -0.4 is 14.8 Å². The molecule has 10 nitrogen and oxygen atoms in total. The standard InChI is InChI=1S/C27H31N3O7/c1-4-36-24-14-19(10-11-23(24)35-3)22(12-13-29(16-31)37-17(2)32)30-15-20-6-5-7-21(25(20)27(30)34)28-26(33)18-8-9-18/h5-7,10-11,14,16,18,22H,4,8-9,12-13,15H2,1-3H3,(H,28,33)/t22-/m0/s1. The number of hydroxylamine groups is 2. The number of benzene rings is 2. The third-order valence-electron chi connectivity index (χ3n) is 6.41. The minimum absolute atomic E-state index is 0.00287. The molecule has 37 heavy (non-hydrogen) atoms. The summed E-state index contributed by atoms with van der Waals surface area (Å²) < 4.78 is 11.2. The van der Waals surface area contributed by atoms with Crippen molar-refractivity contribution in [1.82, 2.24) is 9.96 Å². The second-order valence-electron chi connectivity index (χ2n) is 9.01. The molecule has 1 heterocycles. The summed E-state index contributed by atoms with van der Waals surface area (Å²) in [6.45, 7) is 3.88. The van der Waals surface area contributed by atoms with Gasteiger partial charge in [-0.2, -0.15) is 5.06 Å². The first-order chi connectivity index (χ1) is 17.9. The molecule has 0 saturated heterocycles. The van der Waals surface area contributed by atoms with Crippen LogP contribution in [0.4, 0.5) is 5.69 Å². The van der Waals surface area contributed by atoms with Crippen LogP contribution in [0.25, 0.3) is 0 Å². The second kappa shape index (κ2) is 11.3. The summed E-state index contributed by atoms with van der Waals surface area (Å²) in [7, 11) is 1.55. The van der Waals surface area contributed by atoms with E-state index >= 15 is 0 Å². The summed E-state index contributed by atoms with van der Waals surface area (Å²) in [5.41, 5.74) is 2.53. The molecule has 2 aliphatic rings. The Morgan fingerprint density at radius 2 is 2.00 bits per heavy atom. The smallest absolute Gasteiger partial charge is 0.329 e. The number of methoxy groups -OCH3 is 1. The maximum Gasteiger partial charge on any atom is 0.329 e. The van der Waals surface area contributed by atoms with Gasteiger partial charge >= 0.3 is 5.97 Å². The van der Waals surface area contributed by atoms with E-state index in [1.807, 2.05) is 31.2 Å². The number of nitrogens with one attached hydrogen (secondary N) is 1. The third-order valence-corrected chi connectivity index (χ3v) is 6.41. The Labute approximate surface area is 215 Å². The molecular formula is C27H31N3O7. The number of nitrogens with zero attached hydrogens (tertiary/aromatic N) is 2. The van der Waals surface area contributed by atoms with Crippen LogP contribution in [0.2, 0.25) is 0 Å². The van der Waals surface area contributed by atoms with Crippen LogP contribution in [0, 0.1) is 5.92 Å². The van der Waals surface area contributed by atoms with Crippen molar-refractivity contribution in [2.24, 2.45) is 5.92 Å². The average Bonchev–Trinajstić information content (AvgIpc) is 3.68. The van der Waals surface area contributed by atoms with Crippen LogP contribution in [0.1, 0.15) is 60.6 Å². The Hall–Kier alpha value is -4.08. The van der Waals surface area contributed by atoms with E-state index in [2.05, 4.69) is 5.32 Å². The van der Waals surface area contributed by atoms with E-state index in [4.69, 9.17) is 14.3 Å². The van der Waals surface area contributed by atoms with E-state index in [-0.39, 0.29) is 30.7 Å². The minimum atomic E-state index is -0.618. The number of amides is 3. The van der Waals surface area contributed by atoms with Crippen molar-refractivity contribution in [3.8, 4) is 11.5 Å². The van der Waals surface area contributed by atoms with Gasteiger partial charge in [-0.3, -0.25) is 19.2 Å². The highest BCUT2D eigenvalue weighted by molar-refractivity contribution is 6.07. The fraction of sp³-hybridized carbons (Fsp3) is 0.407. The first-order valence-corrected chi connectivity index (χ1v) is 12.3. The zero-order valence-corrected chi connectivity index (χ0v) is 21.2. The van der Waals surface area contributed by atoms with Crippen molar-refractivity contribution in [1.29, 1.82) is 0 Å². The zero-order valence-electron chi connectivity index (χ0n) is 21.2. The lowest BCUT2D eigenvalue weighted by Gasteiger charge is -2.30. The highest BCUT2D eigenvalue weighted by Crippen LogP contribution is 2.40.